The molecule has 2 N–H and O–H groups in total. The Labute approximate surface area is 169 Å². The average Bonchev–Trinajstić information content (AvgIpc) is 2.66. The first kappa shape index (κ1) is 20.6. The van der Waals surface area contributed by atoms with Gasteiger partial charge in [0, 0.05) is 19.2 Å². The van der Waals surface area contributed by atoms with E-state index in [0.29, 0.717) is 6.54 Å². The number of fused-ring (bicyclic) bond motifs is 1. The monoisotopic (exact) mass is 415 g/mol. The molecule has 3 rings (SSSR count). The number of nitrogens with zero attached hydrogens (tertiary/aromatic N) is 2. The summed E-state index contributed by atoms with van der Waals surface area (Å²) in [5.74, 6) is -1.93. The number of sulfonamides is 1. The number of hydrogen-bond donors (Lipinski definition) is 1. The highest BCUT2D eigenvalue weighted by molar-refractivity contribution is 7.89. The first-order valence-corrected chi connectivity index (χ1v) is 10.1. The van der Waals surface area contributed by atoms with Crippen LogP contribution in [0.1, 0.15) is 21.5 Å². The Morgan fingerprint density at radius 3 is 2.28 bits per heavy atom. The van der Waals surface area contributed by atoms with Crippen molar-refractivity contribution in [2.45, 2.75) is 11.4 Å². The lowest BCUT2D eigenvalue weighted by molar-refractivity contribution is -0.115. The molecular formula is C20H21N3O5S. The summed E-state index contributed by atoms with van der Waals surface area (Å²) in [6.07, 6.45) is 0. The fourth-order valence-electron chi connectivity index (χ4n) is 3.05. The number of nitrogens with two attached hydrogens (primary N) is 1. The predicted molar refractivity (Wildman–Crippen MR) is 107 cm³/mol. The zero-order valence-corrected chi connectivity index (χ0v) is 17.1. The first-order valence-electron chi connectivity index (χ1n) is 8.71. The number of rotatable bonds is 5. The molecule has 2 aromatic rings. The average molecular weight is 415 g/mol. The summed E-state index contributed by atoms with van der Waals surface area (Å²) in [5.41, 5.74) is 6.39. The Morgan fingerprint density at radius 2 is 1.69 bits per heavy atom. The molecule has 0 atom stereocenters. The highest BCUT2D eigenvalue weighted by Gasteiger charge is 2.38. The van der Waals surface area contributed by atoms with Gasteiger partial charge in [-0.25, -0.2) is 13.2 Å². The van der Waals surface area contributed by atoms with Gasteiger partial charge in [0.05, 0.1) is 10.5 Å². The summed E-state index contributed by atoms with van der Waals surface area (Å²) in [5, 5.41) is 0. The molecule has 29 heavy (non-hydrogen) atoms. The van der Waals surface area contributed by atoms with E-state index >= 15 is 0 Å². The van der Waals surface area contributed by atoms with Crippen molar-refractivity contribution in [2.24, 2.45) is 5.73 Å². The third-order valence-corrected chi connectivity index (χ3v) is 6.23. The van der Waals surface area contributed by atoms with Crippen molar-refractivity contribution in [1.82, 2.24) is 9.21 Å². The van der Waals surface area contributed by atoms with Crippen molar-refractivity contribution in [3.8, 4) is 0 Å². The van der Waals surface area contributed by atoms with Gasteiger partial charge in [0.1, 0.15) is 0 Å². The summed E-state index contributed by atoms with van der Waals surface area (Å²) in [4.78, 5) is 26.6. The van der Waals surface area contributed by atoms with Crippen LogP contribution in [0.2, 0.25) is 0 Å². The van der Waals surface area contributed by atoms with Gasteiger partial charge >= 0.3 is 5.97 Å². The third kappa shape index (κ3) is 3.87. The van der Waals surface area contributed by atoms with Crippen LogP contribution in [0.25, 0.3) is 5.76 Å². The lowest BCUT2D eigenvalue weighted by atomic mass is 10.1. The predicted octanol–water partition coefficient (Wildman–Crippen LogP) is 1.39. The van der Waals surface area contributed by atoms with E-state index in [-0.39, 0.29) is 21.8 Å². The van der Waals surface area contributed by atoms with Crippen molar-refractivity contribution in [1.29, 1.82) is 0 Å². The normalized spacial score (nSPS) is 15.2. The number of hydrogen-bond acceptors (Lipinski definition) is 6. The molecule has 9 heteroatoms. The zero-order valence-electron chi connectivity index (χ0n) is 16.2. The van der Waals surface area contributed by atoms with Gasteiger partial charge in [-0.3, -0.25) is 9.10 Å². The summed E-state index contributed by atoms with van der Waals surface area (Å²) >= 11 is 0. The van der Waals surface area contributed by atoms with Crippen LogP contribution in [0.5, 0.6) is 0 Å². The van der Waals surface area contributed by atoms with Crippen LogP contribution < -0.4 is 5.73 Å². The summed E-state index contributed by atoms with van der Waals surface area (Å²) < 4.78 is 31.6. The molecule has 0 radical (unpaired) electrons. The van der Waals surface area contributed by atoms with Crippen LogP contribution in [-0.2, 0) is 26.1 Å². The summed E-state index contributed by atoms with van der Waals surface area (Å²) in [6, 6.07) is 12.8. The minimum atomic E-state index is -3.99. The highest BCUT2D eigenvalue weighted by atomic mass is 32.2. The van der Waals surface area contributed by atoms with Crippen LogP contribution in [0.4, 0.5) is 0 Å². The van der Waals surface area contributed by atoms with Gasteiger partial charge in [-0.1, -0.05) is 24.3 Å². The quantitative estimate of drug-likeness (QED) is 0.739. The van der Waals surface area contributed by atoms with Crippen LogP contribution in [0.15, 0.2) is 59.1 Å². The molecule has 0 aromatic heterocycles. The van der Waals surface area contributed by atoms with E-state index in [4.69, 9.17) is 10.5 Å². The number of carbonyl (C=O) groups excluding carboxylic acids is 2. The molecule has 152 valence electrons. The van der Waals surface area contributed by atoms with E-state index in [1.54, 1.807) is 36.4 Å². The molecule has 0 fully saturated rings. The Morgan fingerprint density at radius 1 is 1.07 bits per heavy atom. The number of amides is 1. The van der Waals surface area contributed by atoms with Crippen molar-refractivity contribution >= 4 is 27.7 Å². The smallest absolute Gasteiger partial charge is 0.343 e. The summed E-state index contributed by atoms with van der Waals surface area (Å²) in [6.45, 7) is 0.711. The summed E-state index contributed by atoms with van der Waals surface area (Å²) in [7, 11) is 1.07. The number of benzene rings is 2. The Kier molecular flexibility index (Phi) is 5.45. The molecule has 8 nitrogen and oxygen atoms in total. The molecule has 2 aromatic carbocycles. The van der Waals surface area contributed by atoms with E-state index in [0.717, 1.165) is 9.87 Å². The Balaban J connectivity index is 2.02. The lowest BCUT2D eigenvalue weighted by Gasteiger charge is -2.29. The third-order valence-electron chi connectivity index (χ3n) is 4.42. The maximum absolute atomic E-state index is 12.7. The molecule has 0 spiro atoms. The standard InChI is InChI=1S/C20H21N3O5S/c1-22(2)12-13-8-10-14(11-9-13)20(25)28-18-15-6-4-5-7-16(15)29(26,27)23(3)17(18)19(21)24/h4-11H,12H2,1-3H3,(H2,21,24). The molecule has 0 bridgehead atoms. The van der Waals surface area contributed by atoms with E-state index < -0.39 is 27.6 Å². The van der Waals surface area contributed by atoms with Gasteiger partial charge in [0.25, 0.3) is 15.9 Å². The topological polar surface area (TPSA) is 110 Å². The second kappa shape index (κ2) is 7.69. The van der Waals surface area contributed by atoms with Gasteiger partial charge in [-0.05, 0) is 43.9 Å². The minimum Gasteiger partial charge on any atom is -0.420 e. The van der Waals surface area contributed by atoms with E-state index in [1.807, 2.05) is 19.0 Å². The highest BCUT2D eigenvalue weighted by Crippen LogP contribution is 2.36. The van der Waals surface area contributed by atoms with Crippen LogP contribution in [-0.4, -0.2) is 50.6 Å². The second-order valence-electron chi connectivity index (χ2n) is 6.83. The van der Waals surface area contributed by atoms with Crippen molar-refractivity contribution < 1.29 is 22.7 Å². The van der Waals surface area contributed by atoms with Gasteiger partial charge in [-0.2, -0.15) is 0 Å². The SMILES string of the molecule is CN(C)Cc1ccc(C(=O)OC2=C(C(N)=O)N(C)S(=O)(=O)c3ccccc32)cc1. The largest absolute Gasteiger partial charge is 0.420 e. The fraction of sp³-hybridized carbons (Fsp3) is 0.200. The van der Waals surface area contributed by atoms with Crippen LogP contribution in [0.3, 0.4) is 0 Å². The first-order chi connectivity index (χ1) is 13.6. The number of likely N-dealkylation sites (N-methyl/N-ethyl adjacent to an activating group) is 1. The van der Waals surface area contributed by atoms with E-state index in [1.165, 1.54) is 19.2 Å². The van der Waals surface area contributed by atoms with Gasteiger partial charge < -0.3 is 15.4 Å². The maximum Gasteiger partial charge on any atom is 0.343 e. The van der Waals surface area contributed by atoms with Crippen molar-refractivity contribution in [2.75, 3.05) is 21.1 Å². The Hall–Kier alpha value is -3.17. The fourth-order valence-corrected chi connectivity index (χ4v) is 4.45. The van der Waals surface area contributed by atoms with Gasteiger partial charge in [-0.15, -0.1) is 0 Å². The number of primary amides is 1. The molecule has 1 heterocycles. The number of esters is 1. The second-order valence-corrected chi connectivity index (χ2v) is 8.77. The van der Waals surface area contributed by atoms with E-state index in [2.05, 4.69) is 0 Å². The molecule has 0 aliphatic carbocycles. The van der Waals surface area contributed by atoms with Crippen molar-refractivity contribution in [3.63, 3.8) is 0 Å². The number of ether oxygens (including phenoxy) is 1. The molecular weight excluding hydrogens is 394 g/mol. The van der Waals surface area contributed by atoms with Crippen LogP contribution in [0, 0.1) is 0 Å². The zero-order chi connectivity index (χ0) is 21.3. The molecule has 0 unspecified atom stereocenters. The molecule has 1 aliphatic rings. The maximum atomic E-state index is 12.7. The van der Waals surface area contributed by atoms with Gasteiger partial charge in [0.15, 0.2) is 11.5 Å². The lowest BCUT2D eigenvalue weighted by Crippen LogP contribution is -2.38. The minimum absolute atomic E-state index is 0.0726. The van der Waals surface area contributed by atoms with Gasteiger partial charge in [0.2, 0.25) is 0 Å². The van der Waals surface area contributed by atoms with Crippen LogP contribution >= 0.6 is 0 Å². The van der Waals surface area contributed by atoms with Crippen molar-refractivity contribution in [3.05, 3.63) is 70.9 Å². The molecule has 1 aliphatic heterocycles. The number of carbonyl (C=O) groups is 2. The molecule has 1 amide bonds. The Bertz CT molecular complexity index is 1110. The molecule has 0 saturated heterocycles. The molecule has 0 saturated carbocycles. The van der Waals surface area contributed by atoms with E-state index in [9.17, 15) is 18.0 Å².